The third-order valence-corrected chi connectivity index (χ3v) is 2.21. The number of hydrogen-bond acceptors (Lipinski definition) is 2. The van der Waals surface area contributed by atoms with E-state index in [9.17, 15) is 22.0 Å². The number of pyridine rings is 1. The monoisotopic (exact) mass is 275 g/mol. The molecule has 0 unspecified atom stereocenters. The molecule has 0 fully saturated rings. The van der Waals surface area contributed by atoms with Gasteiger partial charge in [-0.3, -0.25) is 4.98 Å². The molecule has 0 aliphatic rings. The van der Waals surface area contributed by atoms with E-state index in [-0.39, 0.29) is 17.0 Å². The molecule has 0 N–H and O–H groups in total. The van der Waals surface area contributed by atoms with Gasteiger partial charge in [-0.05, 0) is 12.5 Å². The van der Waals surface area contributed by atoms with Crippen molar-refractivity contribution in [1.29, 1.82) is 0 Å². The fraction of sp³-hybridized carbons (Fsp3) is 0.444. The second-order valence-electron chi connectivity index (χ2n) is 3.12. The van der Waals surface area contributed by atoms with Crippen LogP contribution in [0.5, 0.6) is 5.75 Å². The standard InChI is InChI=1S/C9H7ClF5NO/c1-4-3-16-6(8(11)12)7(5(4)2-10)17-9(13,14)15/h3,8H,2H2,1H3. The number of aromatic nitrogens is 1. The maximum absolute atomic E-state index is 12.5. The quantitative estimate of drug-likeness (QED) is 0.615. The van der Waals surface area contributed by atoms with Crippen LogP contribution in [0.15, 0.2) is 6.20 Å². The molecule has 1 aromatic heterocycles. The molecule has 2 nitrogen and oxygen atoms in total. The van der Waals surface area contributed by atoms with Crippen molar-refractivity contribution in [2.24, 2.45) is 0 Å². The minimum Gasteiger partial charge on any atom is -0.403 e. The summed E-state index contributed by atoms with van der Waals surface area (Å²) in [7, 11) is 0. The first-order chi connectivity index (χ1) is 7.76. The first kappa shape index (κ1) is 14.0. The van der Waals surface area contributed by atoms with Gasteiger partial charge in [-0.1, -0.05) is 0 Å². The lowest BCUT2D eigenvalue weighted by Crippen LogP contribution is -2.20. The van der Waals surface area contributed by atoms with E-state index in [1.807, 2.05) is 0 Å². The molecule has 1 aromatic rings. The molecule has 17 heavy (non-hydrogen) atoms. The van der Waals surface area contributed by atoms with E-state index >= 15 is 0 Å². The molecule has 0 aromatic carbocycles. The summed E-state index contributed by atoms with van der Waals surface area (Å²) in [5, 5.41) is 0. The molecule has 0 amide bonds. The van der Waals surface area contributed by atoms with E-state index < -0.39 is 24.2 Å². The van der Waals surface area contributed by atoms with Crippen LogP contribution in [0.4, 0.5) is 22.0 Å². The summed E-state index contributed by atoms with van der Waals surface area (Å²) in [6.45, 7) is 1.41. The molecular weight excluding hydrogens is 269 g/mol. The summed E-state index contributed by atoms with van der Waals surface area (Å²) >= 11 is 5.42. The van der Waals surface area contributed by atoms with Crippen molar-refractivity contribution in [3.63, 3.8) is 0 Å². The molecule has 8 heteroatoms. The number of aryl methyl sites for hydroxylation is 1. The number of hydrogen-bond donors (Lipinski definition) is 0. The van der Waals surface area contributed by atoms with Crippen molar-refractivity contribution in [2.75, 3.05) is 0 Å². The SMILES string of the molecule is Cc1cnc(C(F)F)c(OC(F)(F)F)c1CCl. The number of halogens is 6. The fourth-order valence-electron chi connectivity index (χ4n) is 1.19. The minimum atomic E-state index is -5.07. The molecule has 1 rings (SSSR count). The predicted octanol–water partition coefficient (Wildman–Crippen LogP) is 3.97. The van der Waals surface area contributed by atoms with Gasteiger partial charge in [0.1, 0.15) is 5.69 Å². The Kier molecular flexibility index (Phi) is 4.13. The molecule has 1 heterocycles. The lowest BCUT2D eigenvalue weighted by molar-refractivity contribution is -0.275. The number of ether oxygens (including phenoxy) is 1. The molecule has 0 bridgehead atoms. The van der Waals surface area contributed by atoms with Crippen molar-refractivity contribution in [3.8, 4) is 5.75 Å². The van der Waals surface area contributed by atoms with E-state index in [4.69, 9.17) is 11.6 Å². The topological polar surface area (TPSA) is 22.1 Å². The van der Waals surface area contributed by atoms with E-state index in [0.717, 1.165) is 6.20 Å². The number of nitrogens with zero attached hydrogens (tertiary/aromatic N) is 1. The highest BCUT2D eigenvalue weighted by Crippen LogP contribution is 2.36. The molecule has 0 saturated heterocycles. The molecule has 0 aliphatic heterocycles. The summed E-state index contributed by atoms with van der Waals surface area (Å²) in [5.41, 5.74) is -0.957. The summed E-state index contributed by atoms with van der Waals surface area (Å²) in [4.78, 5) is 3.24. The van der Waals surface area contributed by atoms with Crippen LogP contribution in [-0.2, 0) is 5.88 Å². The summed E-state index contributed by atoms with van der Waals surface area (Å²) in [5.74, 6) is -1.39. The molecule has 0 spiro atoms. The lowest BCUT2D eigenvalue weighted by atomic mass is 10.1. The van der Waals surface area contributed by atoms with Gasteiger partial charge in [-0.15, -0.1) is 24.8 Å². The second kappa shape index (κ2) is 5.03. The van der Waals surface area contributed by atoms with Gasteiger partial charge in [0, 0.05) is 11.8 Å². The normalized spacial score (nSPS) is 12.0. The van der Waals surface area contributed by atoms with Gasteiger partial charge in [0.2, 0.25) is 0 Å². The Morgan fingerprint density at radius 2 is 2.00 bits per heavy atom. The summed E-state index contributed by atoms with van der Waals surface area (Å²) < 4.78 is 64.9. The fourth-order valence-corrected chi connectivity index (χ4v) is 1.52. The Hall–Kier alpha value is -1.11. The van der Waals surface area contributed by atoms with Gasteiger partial charge >= 0.3 is 6.36 Å². The Bertz CT molecular complexity index is 407. The van der Waals surface area contributed by atoms with Crippen LogP contribution in [0.3, 0.4) is 0 Å². The molecule has 96 valence electrons. The smallest absolute Gasteiger partial charge is 0.403 e. The minimum absolute atomic E-state index is 0.144. The highest BCUT2D eigenvalue weighted by Gasteiger charge is 2.35. The Morgan fingerprint density at radius 1 is 1.41 bits per heavy atom. The first-order valence-electron chi connectivity index (χ1n) is 4.34. The first-order valence-corrected chi connectivity index (χ1v) is 4.88. The third kappa shape index (κ3) is 3.42. The van der Waals surface area contributed by atoms with Crippen LogP contribution >= 0.6 is 11.6 Å². The van der Waals surface area contributed by atoms with Gasteiger partial charge < -0.3 is 4.74 Å². The van der Waals surface area contributed by atoms with Gasteiger partial charge in [0.25, 0.3) is 6.43 Å². The Balaban J connectivity index is 3.34. The van der Waals surface area contributed by atoms with Crippen molar-refractivity contribution in [3.05, 3.63) is 23.0 Å². The van der Waals surface area contributed by atoms with Crippen molar-refractivity contribution >= 4 is 11.6 Å². The van der Waals surface area contributed by atoms with Crippen molar-refractivity contribution in [1.82, 2.24) is 4.98 Å². The van der Waals surface area contributed by atoms with E-state index in [1.165, 1.54) is 6.92 Å². The zero-order valence-electron chi connectivity index (χ0n) is 8.49. The largest absolute Gasteiger partial charge is 0.573 e. The average molecular weight is 276 g/mol. The van der Waals surface area contributed by atoms with Crippen LogP contribution in [0.1, 0.15) is 23.2 Å². The van der Waals surface area contributed by atoms with Crippen LogP contribution < -0.4 is 4.74 Å². The highest BCUT2D eigenvalue weighted by atomic mass is 35.5. The lowest BCUT2D eigenvalue weighted by Gasteiger charge is -2.16. The Morgan fingerprint density at radius 3 is 2.41 bits per heavy atom. The van der Waals surface area contributed by atoms with Gasteiger partial charge in [-0.2, -0.15) is 0 Å². The van der Waals surface area contributed by atoms with Crippen LogP contribution in [-0.4, -0.2) is 11.3 Å². The maximum Gasteiger partial charge on any atom is 0.573 e. The van der Waals surface area contributed by atoms with E-state index in [0.29, 0.717) is 0 Å². The van der Waals surface area contributed by atoms with Crippen molar-refractivity contribution < 1.29 is 26.7 Å². The van der Waals surface area contributed by atoms with E-state index in [1.54, 1.807) is 0 Å². The predicted molar refractivity (Wildman–Crippen MR) is 50.2 cm³/mol. The van der Waals surface area contributed by atoms with Gasteiger partial charge in [-0.25, -0.2) is 8.78 Å². The molecular formula is C9H7ClF5NO. The number of alkyl halides is 6. The van der Waals surface area contributed by atoms with E-state index in [2.05, 4.69) is 9.72 Å². The zero-order valence-corrected chi connectivity index (χ0v) is 9.24. The zero-order chi connectivity index (χ0) is 13.2. The Labute approximate surface area is 98.4 Å². The molecule has 0 aliphatic carbocycles. The highest BCUT2D eigenvalue weighted by molar-refractivity contribution is 6.17. The van der Waals surface area contributed by atoms with Crippen LogP contribution in [0.25, 0.3) is 0 Å². The second-order valence-corrected chi connectivity index (χ2v) is 3.38. The molecule has 0 saturated carbocycles. The molecule has 0 atom stereocenters. The average Bonchev–Trinajstić information content (AvgIpc) is 2.15. The van der Waals surface area contributed by atoms with Gasteiger partial charge in [0.05, 0.1) is 5.88 Å². The summed E-state index contributed by atoms with van der Waals surface area (Å²) in [6.07, 6.45) is -7.21. The van der Waals surface area contributed by atoms with Crippen LogP contribution in [0.2, 0.25) is 0 Å². The maximum atomic E-state index is 12.5. The summed E-state index contributed by atoms with van der Waals surface area (Å²) in [6, 6.07) is 0. The number of rotatable bonds is 3. The van der Waals surface area contributed by atoms with Crippen LogP contribution in [0, 0.1) is 6.92 Å². The van der Waals surface area contributed by atoms with Gasteiger partial charge in [0.15, 0.2) is 5.75 Å². The third-order valence-electron chi connectivity index (χ3n) is 1.94. The van der Waals surface area contributed by atoms with Crippen molar-refractivity contribution in [2.45, 2.75) is 25.6 Å². The molecule has 0 radical (unpaired) electrons.